The second-order valence-electron chi connectivity index (χ2n) is 15.8. The zero-order chi connectivity index (χ0) is 42.1. The fraction of sp³-hybridized carbons (Fsp3) is 0.500. The Morgan fingerprint density at radius 3 is 1.93 bits per heavy atom. The first-order valence-electron chi connectivity index (χ1n) is 18.2. The lowest BCUT2D eigenvalue weighted by Crippen LogP contribution is -2.50. The number of carbonyl (C=O) groups is 3. The van der Waals surface area contributed by atoms with Gasteiger partial charge in [0.05, 0.1) is 19.1 Å². The molecule has 1 saturated heterocycles. The molecule has 5 rings (SSSR count). The van der Waals surface area contributed by atoms with Crippen molar-refractivity contribution in [3.8, 4) is 11.5 Å². The van der Waals surface area contributed by atoms with E-state index in [4.69, 9.17) is 42.1 Å². The van der Waals surface area contributed by atoms with Crippen molar-refractivity contribution in [3.05, 3.63) is 56.8 Å². The quantitative estimate of drug-likeness (QED) is 0.141. The molecule has 3 aromatic rings. The minimum atomic E-state index is -1.12. The number of aromatic nitrogens is 2. The van der Waals surface area contributed by atoms with Crippen LogP contribution in [-0.4, -0.2) is 103 Å². The highest BCUT2D eigenvalue weighted by molar-refractivity contribution is 6.43. The standard InChI is InChI=1S/C38H48Cl2N8O9/c1-37(2,3)56-35(50)46(25-14-13-23(17-26(25)48(52)53)44-16-15-24(20-44)43(7)8)30-19-29(41-21-42-30)45(22-11-12-22)34(49)47(36(51)57-38(4,5)6)33-31(39)27(54-9)18-28(55-10)32(33)40/h13-14,17-19,21-22,24H,11-12,15-16,20H2,1-10H3. The highest BCUT2D eigenvalue weighted by Crippen LogP contribution is 2.48. The lowest BCUT2D eigenvalue weighted by Gasteiger charge is -2.32. The molecule has 2 fully saturated rings. The average Bonchev–Trinajstić information content (AvgIpc) is 3.81. The van der Waals surface area contributed by atoms with Gasteiger partial charge in [-0.3, -0.25) is 15.0 Å². The smallest absolute Gasteiger partial charge is 0.423 e. The van der Waals surface area contributed by atoms with Crippen molar-refractivity contribution < 1.29 is 38.3 Å². The minimum absolute atomic E-state index is 0.0530. The number of rotatable bonds is 10. The van der Waals surface area contributed by atoms with Gasteiger partial charge in [0.25, 0.3) is 5.69 Å². The van der Waals surface area contributed by atoms with Crippen molar-refractivity contribution >= 4 is 75.8 Å². The number of hydrogen-bond acceptors (Lipinski definition) is 13. The van der Waals surface area contributed by atoms with Crippen LogP contribution < -0.4 is 29.1 Å². The van der Waals surface area contributed by atoms with Crippen molar-refractivity contribution in [3.63, 3.8) is 0 Å². The average molecular weight is 832 g/mol. The molecule has 0 bridgehead atoms. The molecule has 308 valence electrons. The molecule has 1 unspecified atom stereocenters. The molecular weight excluding hydrogens is 783 g/mol. The summed E-state index contributed by atoms with van der Waals surface area (Å²) in [5, 5.41) is 12.3. The summed E-state index contributed by atoms with van der Waals surface area (Å²) in [4.78, 5) is 70.9. The third-order valence-electron chi connectivity index (χ3n) is 9.01. The number of anilines is 5. The normalized spacial score (nSPS) is 15.6. The zero-order valence-electron chi connectivity index (χ0n) is 33.7. The Morgan fingerprint density at radius 1 is 0.842 bits per heavy atom. The van der Waals surface area contributed by atoms with Gasteiger partial charge in [-0.25, -0.2) is 29.3 Å². The van der Waals surface area contributed by atoms with E-state index in [-0.39, 0.29) is 56.3 Å². The van der Waals surface area contributed by atoms with E-state index in [0.717, 1.165) is 17.6 Å². The van der Waals surface area contributed by atoms with Gasteiger partial charge in [-0.05, 0) is 87.0 Å². The summed E-state index contributed by atoms with van der Waals surface area (Å²) in [5.74, 6) is -0.0954. The number of amides is 4. The summed E-state index contributed by atoms with van der Waals surface area (Å²) in [6, 6.07) is 6.13. The summed E-state index contributed by atoms with van der Waals surface area (Å²) in [7, 11) is 6.67. The molecule has 1 aliphatic carbocycles. The predicted molar refractivity (Wildman–Crippen MR) is 217 cm³/mol. The lowest BCUT2D eigenvalue weighted by molar-refractivity contribution is -0.384. The fourth-order valence-electron chi connectivity index (χ4n) is 6.18. The first-order chi connectivity index (χ1) is 26.6. The molecule has 2 heterocycles. The van der Waals surface area contributed by atoms with Gasteiger partial charge in [-0.15, -0.1) is 0 Å². The van der Waals surface area contributed by atoms with Gasteiger partial charge in [-0.2, -0.15) is 4.90 Å². The zero-order valence-corrected chi connectivity index (χ0v) is 35.2. The molecule has 17 nitrogen and oxygen atoms in total. The third-order valence-corrected chi connectivity index (χ3v) is 9.74. The Balaban J connectivity index is 1.65. The van der Waals surface area contributed by atoms with E-state index in [2.05, 4.69) is 14.9 Å². The number of imide groups is 1. The first-order valence-corrected chi connectivity index (χ1v) is 18.9. The highest BCUT2D eigenvalue weighted by Gasteiger charge is 2.44. The van der Waals surface area contributed by atoms with Crippen LogP contribution in [0.15, 0.2) is 36.7 Å². The highest BCUT2D eigenvalue weighted by atomic mass is 35.5. The number of nitro groups is 1. The monoisotopic (exact) mass is 830 g/mol. The first kappa shape index (κ1) is 43.0. The molecule has 2 aliphatic rings. The van der Waals surface area contributed by atoms with E-state index >= 15 is 0 Å². The maximum absolute atomic E-state index is 14.9. The van der Waals surface area contributed by atoms with E-state index < -0.39 is 40.4 Å². The molecule has 1 atom stereocenters. The van der Waals surface area contributed by atoms with Gasteiger partial charge in [0.1, 0.15) is 62.1 Å². The molecule has 57 heavy (non-hydrogen) atoms. The molecule has 1 aliphatic heterocycles. The van der Waals surface area contributed by atoms with Crippen LogP contribution in [0.1, 0.15) is 60.8 Å². The van der Waals surface area contributed by atoms with Crippen LogP contribution in [0.25, 0.3) is 0 Å². The number of likely N-dealkylation sites (N-methyl/N-ethyl adjacent to an activating group) is 1. The molecule has 19 heteroatoms. The number of nitrogens with zero attached hydrogens (tertiary/aromatic N) is 8. The fourth-order valence-corrected chi connectivity index (χ4v) is 6.85. The van der Waals surface area contributed by atoms with Crippen molar-refractivity contribution in [2.24, 2.45) is 0 Å². The van der Waals surface area contributed by atoms with Crippen LogP contribution in [0.5, 0.6) is 11.5 Å². The van der Waals surface area contributed by atoms with Crippen molar-refractivity contribution in [2.45, 2.75) is 84.1 Å². The Kier molecular flexibility index (Phi) is 12.6. The van der Waals surface area contributed by atoms with Crippen LogP contribution in [0, 0.1) is 10.1 Å². The number of benzene rings is 2. The number of urea groups is 1. The Labute approximate surface area is 341 Å². The van der Waals surface area contributed by atoms with E-state index in [1.165, 1.54) is 43.4 Å². The number of methoxy groups -OCH3 is 2. The van der Waals surface area contributed by atoms with Gasteiger partial charge in [0.15, 0.2) is 0 Å². The second kappa shape index (κ2) is 16.8. The second-order valence-corrected chi connectivity index (χ2v) is 16.5. The lowest BCUT2D eigenvalue weighted by atomic mass is 10.2. The SMILES string of the molecule is COc1cc(OC)c(Cl)c(N(C(=O)OC(C)(C)C)C(=O)N(c2cc(N(C(=O)OC(C)(C)C)c3ccc(N4CCC(N(C)C)C4)cc3[N+](=O)[O-])ncn2)C2CC2)c1Cl. The predicted octanol–water partition coefficient (Wildman–Crippen LogP) is 8.45. The Morgan fingerprint density at radius 2 is 1.42 bits per heavy atom. The molecule has 0 spiro atoms. The molecule has 0 N–H and O–H groups in total. The minimum Gasteiger partial charge on any atom is -0.495 e. The van der Waals surface area contributed by atoms with E-state index in [0.29, 0.717) is 36.5 Å². The van der Waals surface area contributed by atoms with Crippen LogP contribution in [0.3, 0.4) is 0 Å². The topological polar surface area (TPSA) is 173 Å². The largest absolute Gasteiger partial charge is 0.495 e. The summed E-state index contributed by atoms with van der Waals surface area (Å²) in [5.41, 5.74) is -2.25. The number of carbonyl (C=O) groups excluding carboxylic acids is 3. The van der Waals surface area contributed by atoms with Crippen molar-refractivity contribution in [2.75, 3.05) is 61.0 Å². The molecular formula is C38H48Cl2N8O9. The summed E-state index contributed by atoms with van der Waals surface area (Å²) in [6.07, 6.45) is 0.921. The number of nitro benzene ring substituents is 1. The molecule has 1 aromatic heterocycles. The van der Waals surface area contributed by atoms with Crippen LogP contribution in [0.2, 0.25) is 10.0 Å². The summed E-state index contributed by atoms with van der Waals surface area (Å²) in [6.45, 7) is 11.2. The van der Waals surface area contributed by atoms with Crippen LogP contribution in [-0.2, 0) is 9.47 Å². The van der Waals surface area contributed by atoms with Gasteiger partial charge < -0.3 is 28.7 Å². The Hall–Kier alpha value is -5.13. The van der Waals surface area contributed by atoms with Crippen LogP contribution in [0.4, 0.5) is 48.8 Å². The van der Waals surface area contributed by atoms with E-state index in [9.17, 15) is 24.5 Å². The molecule has 0 radical (unpaired) electrons. The number of ether oxygens (including phenoxy) is 4. The van der Waals surface area contributed by atoms with Gasteiger partial charge in [-0.1, -0.05) is 23.2 Å². The van der Waals surface area contributed by atoms with Crippen LogP contribution >= 0.6 is 23.2 Å². The molecule has 2 aromatic carbocycles. The Bertz CT molecular complexity index is 2010. The van der Waals surface area contributed by atoms with Gasteiger partial charge in [0.2, 0.25) is 0 Å². The van der Waals surface area contributed by atoms with E-state index in [1.807, 2.05) is 19.0 Å². The maximum Gasteiger partial charge on any atom is 0.423 e. The third kappa shape index (κ3) is 9.71. The van der Waals surface area contributed by atoms with Crippen molar-refractivity contribution in [1.82, 2.24) is 14.9 Å². The molecule has 1 saturated carbocycles. The maximum atomic E-state index is 14.9. The van der Waals surface area contributed by atoms with Crippen molar-refractivity contribution in [1.29, 1.82) is 0 Å². The number of hydrogen-bond donors (Lipinski definition) is 0. The van der Waals surface area contributed by atoms with Gasteiger partial charge in [0, 0.05) is 49.1 Å². The molecule has 4 amide bonds. The summed E-state index contributed by atoms with van der Waals surface area (Å²) >= 11 is 13.5. The summed E-state index contributed by atoms with van der Waals surface area (Å²) < 4.78 is 22.3. The van der Waals surface area contributed by atoms with Gasteiger partial charge >= 0.3 is 18.2 Å². The van der Waals surface area contributed by atoms with E-state index in [1.54, 1.807) is 47.6 Å². The number of halogens is 2.